The molecule has 2 aliphatic heterocycles. The Morgan fingerprint density at radius 3 is 2.95 bits per heavy atom. The summed E-state index contributed by atoms with van der Waals surface area (Å²) in [5.74, 6) is 0.0470. The summed E-state index contributed by atoms with van der Waals surface area (Å²) in [6, 6.07) is 8.01. The average Bonchev–Trinajstić information content (AvgIpc) is 3.17. The van der Waals surface area contributed by atoms with E-state index in [1.54, 1.807) is 0 Å². The van der Waals surface area contributed by atoms with Crippen LogP contribution in [0.15, 0.2) is 24.3 Å². The molecule has 2 aliphatic rings. The Labute approximate surface area is 129 Å². The number of amides is 1. The monoisotopic (exact) mass is 308 g/mol. The molecule has 0 saturated carbocycles. The first-order chi connectivity index (χ1) is 10.2. The van der Waals surface area contributed by atoms with E-state index in [2.05, 4.69) is 21.5 Å². The van der Waals surface area contributed by atoms with E-state index >= 15 is 0 Å². The predicted molar refractivity (Wildman–Crippen MR) is 82.9 cm³/mol. The Hall–Kier alpha value is -1.14. The maximum Gasteiger partial charge on any atom is 0.238 e. The first-order valence-electron chi connectivity index (χ1n) is 7.50. The fraction of sp³-hybridized carbons (Fsp3) is 0.533. The zero-order chi connectivity index (χ0) is 14.7. The smallest absolute Gasteiger partial charge is 0.238 e. The molecule has 1 aromatic carbocycles. The summed E-state index contributed by atoms with van der Waals surface area (Å²) in [6.45, 7) is 1.76. The second-order valence-corrected chi connectivity index (χ2v) is 6.10. The molecule has 3 unspecified atom stereocenters. The highest BCUT2D eigenvalue weighted by Gasteiger charge is 2.31. The van der Waals surface area contributed by atoms with Gasteiger partial charge < -0.3 is 10.6 Å². The van der Waals surface area contributed by atoms with Crippen LogP contribution in [-0.2, 0) is 4.79 Å². The van der Waals surface area contributed by atoms with Gasteiger partial charge in [-0.3, -0.25) is 4.79 Å². The van der Waals surface area contributed by atoms with Crippen LogP contribution in [0.3, 0.4) is 0 Å². The van der Waals surface area contributed by atoms with Gasteiger partial charge in [0, 0.05) is 23.7 Å². The number of nitrogens with one attached hydrogen (secondary N) is 4. The van der Waals surface area contributed by atoms with E-state index in [0.29, 0.717) is 19.0 Å². The molecule has 0 spiro atoms. The highest BCUT2D eigenvalue weighted by Crippen LogP contribution is 2.28. The standard InChI is InChI=1S/C15H21ClN4O/c16-12-6-2-1-5-11(12)13-8-14(20-19-13)15(21)18-9-10-4-3-7-17-10/h1-2,5-6,10,13-14,17,19-20H,3-4,7-9H2,(H,18,21). The number of hydrogen-bond donors (Lipinski definition) is 4. The summed E-state index contributed by atoms with van der Waals surface area (Å²) in [5, 5.41) is 7.12. The Bertz CT molecular complexity index is 504. The van der Waals surface area contributed by atoms with Crippen LogP contribution < -0.4 is 21.5 Å². The zero-order valence-electron chi connectivity index (χ0n) is 11.9. The number of carbonyl (C=O) groups excluding carboxylic acids is 1. The van der Waals surface area contributed by atoms with Crippen molar-refractivity contribution in [1.29, 1.82) is 0 Å². The van der Waals surface area contributed by atoms with Gasteiger partial charge in [-0.15, -0.1) is 0 Å². The van der Waals surface area contributed by atoms with E-state index < -0.39 is 0 Å². The lowest BCUT2D eigenvalue weighted by molar-refractivity contribution is -0.122. The zero-order valence-corrected chi connectivity index (χ0v) is 12.6. The lowest BCUT2D eigenvalue weighted by Gasteiger charge is -2.14. The molecule has 1 amide bonds. The van der Waals surface area contributed by atoms with E-state index in [9.17, 15) is 4.79 Å². The lowest BCUT2D eigenvalue weighted by atomic mass is 10.0. The van der Waals surface area contributed by atoms with Gasteiger partial charge in [0.25, 0.3) is 0 Å². The van der Waals surface area contributed by atoms with Crippen molar-refractivity contribution in [2.24, 2.45) is 0 Å². The van der Waals surface area contributed by atoms with Crippen LogP contribution >= 0.6 is 11.6 Å². The van der Waals surface area contributed by atoms with Crippen molar-refractivity contribution in [2.75, 3.05) is 13.1 Å². The summed E-state index contributed by atoms with van der Waals surface area (Å²) >= 11 is 6.20. The lowest BCUT2D eigenvalue weighted by Crippen LogP contribution is -2.46. The van der Waals surface area contributed by atoms with E-state index in [4.69, 9.17) is 11.6 Å². The summed E-state index contributed by atoms with van der Waals surface area (Å²) in [6.07, 6.45) is 3.03. The van der Waals surface area contributed by atoms with Gasteiger partial charge in [0.2, 0.25) is 5.91 Å². The van der Waals surface area contributed by atoms with Crippen LogP contribution in [-0.4, -0.2) is 31.1 Å². The highest BCUT2D eigenvalue weighted by molar-refractivity contribution is 6.31. The van der Waals surface area contributed by atoms with Gasteiger partial charge >= 0.3 is 0 Å². The highest BCUT2D eigenvalue weighted by atomic mass is 35.5. The van der Waals surface area contributed by atoms with E-state index in [1.165, 1.54) is 6.42 Å². The van der Waals surface area contributed by atoms with Gasteiger partial charge in [-0.1, -0.05) is 29.8 Å². The third kappa shape index (κ3) is 3.55. The van der Waals surface area contributed by atoms with Crippen molar-refractivity contribution in [2.45, 2.75) is 37.4 Å². The molecule has 0 aromatic heterocycles. The Morgan fingerprint density at radius 2 is 2.19 bits per heavy atom. The normalized spacial score (nSPS) is 28.7. The molecule has 3 atom stereocenters. The minimum Gasteiger partial charge on any atom is -0.353 e. The van der Waals surface area contributed by atoms with E-state index in [-0.39, 0.29) is 18.0 Å². The number of hydrogen-bond acceptors (Lipinski definition) is 4. The molecule has 3 rings (SSSR count). The van der Waals surface area contributed by atoms with Crippen molar-refractivity contribution >= 4 is 17.5 Å². The molecule has 21 heavy (non-hydrogen) atoms. The molecule has 1 aromatic rings. The summed E-state index contributed by atoms with van der Waals surface area (Å²) in [7, 11) is 0. The quantitative estimate of drug-likeness (QED) is 0.673. The Balaban J connectivity index is 1.51. The molecule has 2 fully saturated rings. The molecule has 2 saturated heterocycles. The molecule has 0 aliphatic carbocycles. The van der Waals surface area contributed by atoms with Crippen LogP contribution in [0, 0.1) is 0 Å². The SMILES string of the molecule is O=C(NCC1CCCN1)C1CC(c2ccccc2Cl)NN1. The average molecular weight is 309 g/mol. The van der Waals surface area contributed by atoms with Crippen molar-refractivity contribution in [3.63, 3.8) is 0 Å². The maximum atomic E-state index is 12.2. The molecular weight excluding hydrogens is 288 g/mol. The van der Waals surface area contributed by atoms with E-state index in [0.717, 1.165) is 23.6 Å². The Kier molecular flexibility index (Phi) is 4.75. The molecule has 5 nitrogen and oxygen atoms in total. The van der Waals surface area contributed by atoms with Crippen LogP contribution in [0.1, 0.15) is 30.9 Å². The van der Waals surface area contributed by atoms with Crippen LogP contribution in [0.2, 0.25) is 5.02 Å². The first kappa shape index (κ1) is 14.8. The fourth-order valence-corrected chi connectivity index (χ4v) is 3.24. The van der Waals surface area contributed by atoms with Crippen LogP contribution in [0.25, 0.3) is 0 Å². The van der Waals surface area contributed by atoms with Gasteiger partial charge in [-0.05, 0) is 37.4 Å². The Morgan fingerprint density at radius 1 is 1.33 bits per heavy atom. The minimum atomic E-state index is -0.215. The predicted octanol–water partition coefficient (Wildman–Crippen LogP) is 1.12. The minimum absolute atomic E-state index is 0.0470. The third-order valence-corrected chi connectivity index (χ3v) is 4.53. The summed E-state index contributed by atoms with van der Waals surface area (Å²) in [4.78, 5) is 12.2. The van der Waals surface area contributed by atoms with Gasteiger partial charge in [0.1, 0.15) is 6.04 Å². The second-order valence-electron chi connectivity index (χ2n) is 5.69. The largest absolute Gasteiger partial charge is 0.353 e. The molecule has 2 heterocycles. The van der Waals surface area contributed by atoms with Crippen molar-refractivity contribution in [3.8, 4) is 0 Å². The molecule has 0 bridgehead atoms. The third-order valence-electron chi connectivity index (χ3n) is 4.19. The number of halogens is 1. The van der Waals surface area contributed by atoms with Crippen molar-refractivity contribution in [3.05, 3.63) is 34.9 Å². The van der Waals surface area contributed by atoms with Gasteiger partial charge in [-0.2, -0.15) is 0 Å². The fourth-order valence-electron chi connectivity index (χ4n) is 2.97. The second kappa shape index (κ2) is 6.75. The van der Waals surface area contributed by atoms with Crippen molar-refractivity contribution in [1.82, 2.24) is 21.5 Å². The molecule has 4 N–H and O–H groups in total. The number of rotatable bonds is 4. The summed E-state index contributed by atoms with van der Waals surface area (Å²) < 4.78 is 0. The van der Waals surface area contributed by atoms with Crippen LogP contribution in [0.5, 0.6) is 0 Å². The van der Waals surface area contributed by atoms with Gasteiger partial charge in [-0.25, -0.2) is 10.9 Å². The first-order valence-corrected chi connectivity index (χ1v) is 7.88. The molecular formula is C15H21ClN4O. The number of carbonyl (C=O) groups is 1. The maximum absolute atomic E-state index is 12.2. The van der Waals surface area contributed by atoms with Crippen LogP contribution in [0.4, 0.5) is 0 Å². The summed E-state index contributed by atoms with van der Waals surface area (Å²) in [5.41, 5.74) is 7.26. The number of hydrazine groups is 1. The van der Waals surface area contributed by atoms with Crippen molar-refractivity contribution < 1.29 is 4.79 Å². The topological polar surface area (TPSA) is 65.2 Å². The molecule has 6 heteroatoms. The van der Waals surface area contributed by atoms with Gasteiger partial charge in [0.15, 0.2) is 0 Å². The van der Waals surface area contributed by atoms with Gasteiger partial charge in [0.05, 0.1) is 0 Å². The van der Waals surface area contributed by atoms with E-state index in [1.807, 2.05) is 24.3 Å². The number of benzene rings is 1. The molecule has 0 radical (unpaired) electrons. The molecule has 114 valence electrons.